The summed E-state index contributed by atoms with van der Waals surface area (Å²) < 4.78 is 25.8. The zero-order chi connectivity index (χ0) is 29.4. The minimum atomic E-state index is -1.02. The van der Waals surface area contributed by atoms with E-state index >= 15 is 0 Å². The van der Waals surface area contributed by atoms with Crippen molar-refractivity contribution in [2.75, 3.05) is 25.2 Å². The van der Waals surface area contributed by atoms with Crippen LogP contribution < -0.4 is 0 Å². The number of thioether (sulfide) groups is 2. The molecule has 0 aromatic heterocycles. The van der Waals surface area contributed by atoms with Crippen LogP contribution in [0.3, 0.4) is 0 Å². The van der Waals surface area contributed by atoms with Gasteiger partial charge in [0.25, 0.3) is 0 Å². The third-order valence-corrected chi connectivity index (χ3v) is 11.4. The van der Waals surface area contributed by atoms with Gasteiger partial charge in [0.05, 0.1) is 4.08 Å². The highest BCUT2D eigenvalue weighted by molar-refractivity contribution is 9.10. The standard InChI is InChI=1S/C31H38BrFO5S2/c1-29(2)21-31(30(3,37-4)19-27(29)38-20-28(35)36,39-17-5-7-22-9-15-25(33)16-10-22)40-18-6-8-26(34)23-11-13-24(32)14-12-23/h9-16,19H,5-8,17-18,20-21H2,1-4H3,(H,35,36). The highest BCUT2D eigenvalue weighted by atomic mass is 79.9. The van der Waals surface area contributed by atoms with Gasteiger partial charge in [0, 0.05) is 29.0 Å². The van der Waals surface area contributed by atoms with Crippen LogP contribution in [0.2, 0.25) is 0 Å². The van der Waals surface area contributed by atoms with E-state index in [4.69, 9.17) is 9.47 Å². The van der Waals surface area contributed by atoms with Gasteiger partial charge in [-0.2, -0.15) is 0 Å². The maximum atomic E-state index is 13.3. The number of carbonyl (C=O) groups is 2. The van der Waals surface area contributed by atoms with Gasteiger partial charge in [-0.15, -0.1) is 23.5 Å². The molecule has 3 rings (SSSR count). The molecular weight excluding hydrogens is 615 g/mol. The lowest BCUT2D eigenvalue weighted by Gasteiger charge is -2.53. The number of aryl methyl sites for hydroxylation is 1. The van der Waals surface area contributed by atoms with Crippen molar-refractivity contribution in [3.05, 3.63) is 81.8 Å². The Labute approximate surface area is 253 Å². The van der Waals surface area contributed by atoms with Crippen molar-refractivity contribution >= 4 is 51.2 Å². The lowest BCUT2D eigenvalue weighted by molar-refractivity contribution is -0.141. The minimum absolute atomic E-state index is 0.122. The molecule has 1 N–H and O–H groups in total. The lowest BCUT2D eigenvalue weighted by atomic mass is 9.74. The Bertz CT molecular complexity index is 1190. The van der Waals surface area contributed by atoms with Crippen LogP contribution in [0.5, 0.6) is 0 Å². The molecule has 2 aromatic rings. The molecule has 2 atom stereocenters. The van der Waals surface area contributed by atoms with Crippen molar-refractivity contribution in [3.8, 4) is 0 Å². The highest BCUT2D eigenvalue weighted by Crippen LogP contribution is 2.59. The molecule has 0 saturated heterocycles. The fourth-order valence-corrected chi connectivity index (χ4v) is 8.95. The summed E-state index contributed by atoms with van der Waals surface area (Å²) in [6.45, 7) is 5.76. The summed E-state index contributed by atoms with van der Waals surface area (Å²) in [6.07, 6.45) is 5.58. The van der Waals surface area contributed by atoms with Crippen LogP contribution in [0.4, 0.5) is 4.39 Å². The summed E-state index contributed by atoms with van der Waals surface area (Å²) in [4.78, 5) is 24.0. The van der Waals surface area contributed by atoms with Crippen LogP contribution in [0, 0.1) is 11.2 Å². The lowest BCUT2D eigenvalue weighted by Crippen LogP contribution is -2.54. The fourth-order valence-electron chi connectivity index (χ4n) is 4.84. The van der Waals surface area contributed by atoms with Crippen molar-refractivity contribution in [1.82, 2.24) is 0 Å². The molecule has 0 amide bonds. The molecule has 0 heterocycles. The third-order valence-electron chi connectivity index (χ3n) is 7.19. The first-order valence-electron chi connectivity index (χ1n) is 13.3. The number of benzene rings is 2. The SMILES string of the molecule is COC1(C)C=C(OCC(=O)O)C(C)(C)CC1(SCCCC(=O)c1ccc(Br)cc1)SCCCc1ccc(F)cc1. The van der Waals surface area contributed by atoms with Crippen LogP contribution in [0.1, 0.15) is 62.4 Å². The summed E-state index contributed by atoms with van der Waals surface area (Å²) in [6, 6.07) is 14.1. The number of ether oxygens (including phenoxy) is 2. The Kier molecular flexibility index (Phi) is 11.8. The zero-order valence-corrected chi connectivity index (χ0v) is 26.7. The highest BCUT2D eigenvalue weighted by Gasteiger charge is 2.56. The Hall–Kier alpha value is -1.81. The molecule has 2 unspecified atom stereocenters. The van der Waals surface area contributed by atoms with Crippen molar-refractivity contribution in [2.45, 2.75) is 62.6 Å². The molecule has 9 heteroatoms. The smallest absolute Gasteiger partial charge is 0.341 e. The molecule has 40 heavy (non-hydrogen) atoms. The van der Waals surface area contributed by atoms with Crippen molar-refractivity contribution in [2.24, 2.45) is 5.41 Å². The Morgan fingerprint density at radius 3 is 2.23 bits per heavy atom. The van der Waals surface area contributed by atoms with Gasteiger partial charge in [-0.05, 0) is 80.0 Å². The second-order valence-corrected chi connectivity index (χ2v) is 14.7. The summed E-state index contributed by atoms with van der Waals surface area (Å²) >= 11 is 7.06. The van der Waals surface area contributed by atoms with E-state index in [1.807, 2.05) is 61.2 Å². The van der Waals surface area contributed by atoms with Crippen LogP contribution in [0.25, 0.3) is 0 Å². The number of ketones is 1. The van der Waals surface area contributed by atoms with Gasteiger partial charge < -0.3 is 14.6 Å². The van der Waals surface area contributed by atoms with Gasteiger partial charge >= 0.3 is 5.97 Å². The number of carbonyl (C=O) groups excluding carboxylic acids is 1. The normalized spacial score (nSPS) is 22.0. The summed E-state index contributed by atoms with van der Waals surface area (Å²) in [5.41, 5.74) is 0.647. The maximum Gasteiger partial charge on any atom is 0.341 e. The van der Waals surface area contributed by atoms with E-state index in [-0.39, 0.29) is 11.6 Å². The first-order valence-corrected chi connectivity index (χ1v) is 16.1. The molecule has 1 aliphatic rings. The minimum Gasteiger partial charge on any atom is -0.486 e. The van der Waals surface area contributed by atoms with Crippen molar-refractivity contribution < 1.29 is 28.6 Å². The third kappa shape index (κ3) is 8.60. The molecule has 5 nitrogen and oxygen atoms in total. The number of halogens is 2. The zero-order valence-electron chi connectivity index (χ0n) is 23.5. The predicted molar refractivity (Wildman–Crippen MR) is 166 cm³/mol. The molecule has 0 radical (unpaired) electrons. The van der Waals surface area contributed by atoms with Gasteiger partial charge in [-0.25, -0.2) is 9.18 Å². The molecule has 0 fully saturated rings. The average Bonchev–Trinajstić information content (AvgIpc) is 2.91. The fraction of sp³-hybridized carbons (Fsp3) is 0.484. The second-order valence-electron chi connectivity index (χ2n) is 10.8. The Balaban J connectivity index is 1.76. The number of carboxylic acid groups (broad SMARTS) is 1. The molecule has 2 aromatic carbocycles. The number of Topliss-reactive ketones (excluding diaryl/α,β-unsaturated/α-hetero) is 1. The number of aliphatic carboxylic acids is 1. The van der Waals surface area contributed by atoms with Gasteiger partial charge in [-0.1, -0.05) is 54.0 Å². The van der Waals surface area contributed by atoms with E-state index in [1.54, 1.807) is 18.9 Å². The van der Waals surface area contributed by atoms with E-state index in [0.29, 0.717) is 24.2 Å². The van der Waals surface area contributed by atoms with E-state index in [2.05, 4.69) is 29.8 Å². The number of carboxylic acids is 1. The van der Waals surface area contributed by atoms with Crippen LogP contribution in [-0.2, 0) is 20.7 Å². The maximum absolute atomic E-state index is 13.3. The first kappa shape index (κ1) is 32.7. The van der Waals surface area contributed by atoms with Gasteiger partial charge in [0.2, 0.25) is 0 Å². The van der Waals surface area contributed by atoms with Crippen molar-refractivity contribution in [1.29, 1.82) is 0 Å². The predicted octanol–water partition coefficient (Wildman–Crippen LogP) is 8.17. The van der Waals surface area contributed by atoms with E-state index in [9.17, 15) is 19.1 Å². The number of methoxy groups -OCH3 is 1. The molecular formula is C31H38BrFO5S2. The van der Waals surface area contributed by atoms with E-state index < -0.39 is 27.7 Å². The topological polar surface area (TPSA) is 72.8 Å². The quantitative estimate of drug-likeness (QED) is 0.118. The molecule has 0 aliphatic heterocycles. The van der Waals surface area contributed by atoms with Gasteiger partial charge in [0.1, 0.15) is 17.2 Å². The second kappa shape index (κ2) is 14.4. The Morgan fingerprint density at radius 2 is 1.62 bits per heavy atom. The number of allylic oxidation sites excluding steroid dienone is 1. The number of rotatable bonds is 15. The van der Waals surface area contributed by atoms with Crippen LogP contribution in [-0.4, -0.2) is 51.8 Å². The Morgan fingerprint density at radius 1 is 1.00 bits per heavy atom. The molecule has 0 spiro atoms. The summed E-state index contributed by atoms with van der Waals surface area (Å²) in [7, 11) is 1.68. The largest absolute Gasteiger partial charge is 0.486 e. The summed E-state index contributed by atoms with van der Waals surface area (Å²) in [5.74, 6) is 1.11. The average molecular weight is 654 g/mol. The monoisotopic (exact) mass is 652 g/mol. The molecule has 218 valence electrons. The molecule has 1 aliphatic carbocycles. The first-order chi connectivity index (χ1) is 18.9. The summed E-state index contributed by atoms with van der Waals surface area (Å²) in [5, 5.41) is 9.20. The van der Waals surface area contributed by atoms with Crippen LogP contribution in [0.15, 0.2) is 64.8 Å². The molecule has 0 bridgehead atoms. The number of hydrogen-bond acceptors (Lipinski definition) is 6. The van der Waals surface area contributed by atoms with E-state index in [1.165, 1.54) is 12.1 Å². The molecule has 0 saturated carbocycles. The van der Waals surface area contributed by atoms with Gasteiger partial charge in [0.15, 0.2) is 12.4 Å². The van der Waals surface area contributed by atoms with Crippen molar-refractivity contribution in [3.63, 3.8) is 0 Å². The van der Waals surface area contributed by atoms with E-state index in [0.717, 1.165) is 40.8 Å². The van der Waals surface area contributed by atoms with Crippen LogP contribution >= 0.6 is 39.5 Å². The number of hydrogen-bond donors (Lipinski definition) is 1. The van der Waals surface area contributed by atoms with Gasteiger partial charge in [-0.3, -0.25) is 4.79 Å².